The van der Waals surface area contributed by atoms with Crippen LogP contribution < -0.4 is 5.32 Å². The van der Waals surface area contributed by atoms with Crippen molar-refractivity contribution in [2.45, 2.75) is 38.8 Å². The molecule has 1 N–H and O–H groups in total. The molecule has 0 aliphatic carbocycles. The minimum atomic E-state index is -4.41. The minimum Gasteiger partial charge on any atom is -0.344 e. The molecule has 4 rings (SSSR count). The molecule has 0 bridgehead atoms. The summed E-state index contributed by atoms with van der Waals surface area (Å²) in [6.07, 6.45) is -4.41. The Hall–Kier alpha value is -3.20. The molecule has 0 aliphatic rings. The van der Waals surface area contributed by atoms with Crippen molar-refractivity contribution in [3.63, 3.8) is 0 Å². The van der Waals surface area contributed by atoms with Crippen molar-refractivity contribution in [2.75, 3.05) is 0 Å². The van der Waals surface area contributed by atoms with Gasteiger partial charge >= 0.3 is 6.18 Å². The molecule has 0 fully saturated rings. The number of thiazole rings is 1. The first-order valence-corrected chi connectivity index (χ1v) is 12.9. The fraction of sp³-hybridized carbons (Fsp3) is 0.214. The van der Waals surface area contributed by atoms with Gasteiger partial charge in [0, 0.05) is 23.5 Å². The lowest BCUT2D eigenvalue weighted by Gasteiger charge is -2.22. The maximum absolute atomic E-state index is 13.2. The molecule has 4 nitrogen and oxygen atoms in total. The predicted octanol–water partition coefficient (Wildman–Crippen LogP) is 7.51. The van der Waals surface area contributed by atoms with E-state index in [4.69, 9.17) is 11.6 Å². The smallest absolute Gasteiger partial charge is 0.344 e. The van der Waals surface area contributed by atoms with Crippen LogP contribution in [0.5, 0.6) is 0 Å². The molecular formula is C28H25ClF3N3OS. The van der Waals surface area contributed by atoms with Crippen LogP contribution >= 0.6 is 22.9 Å². The minimum absolute atomic E-state index is 0.181. The standard InChI is InChI=1S/C28H25ClF3N3OS/c1-19(22-9-3-2-4-10-22)33-27(36)25-18-37-26(34-25)17-35(16-21-8-6-12-24(29)14-21)15-20-7-5-11-23(13-20)28(30,31)32/h2-14,18-19H,15-17H2,1H3,(H,33,36)/t19-/m0/s1. The maximum Gasteiger partial charge on any atom is 0.416 e. The van der Waals surface area contributed by atoms with E-state index in [-0.39, 0.29) is 18.5 Å². The Kier molecular flexibility index (Phi) is 8.63. The van der Waals surface area contributed by atoms with Gasteiger partial charge in [0.1, 0.15) is 10.7 Å². The molecule has 0 saturated carbocycles. The van der Waals surface area contributed by atoms with E-state index in [1.54, 1.807) is 17.5 Å². The van der Waals surface area contributed by atoms with E-state index in [1.165, 1.54) is 17.4 Å². The highest BCUT2D eigenvalue weighted by Crippen LogP contribution is 2.30. The zero-order valence-electron chi connectivity index (χ0n) is 20.0. The summed E-state index contributed by atoms with van der Waals surface area (Å²) in [6.45, 7) is 2.97. The molecule has 3 aromatic carbocycles. The van der Waals surface area contributed by atoms with Gasteiger partial charge in [0.25, 0.3) is 5.91 Å². The first kappa shape index (κ1) is 26.9. The van der Waals surface area contributed by atoms with Crippen molar-refractivity contribution in [2.24, 2.45) is 0 Å². The van der Waals surface area contributed by atoms with Gasteiger partial charge in [-0.25, -0.2) is 4.98 Å². The highest BCUT2D eigenvalue weighted by molar-refractivity contribution is 7.09. The van der Waals surface area contributed by atoms with Crippen LogP contribution in [0.25, 0.3) is 0 Å². The van der Waals surface area contributed by atoms with Gasteiger partial charge in [0.05, 0.1) is 18.2 Å². The quantitative estimate of drug-likeness (QED) is 0.237. The number of aromatic nitrogens is 1. The summed E-state index contributed by atoms with van der Waals surface area (Å²) in [5.41, 5.74) is 2.06. The SMILES string of the molecule is C[C@H](NC(=O)c1csc(CN(Cc2cccc(Cl)c2)Cc2cccc(C(F)(F)F)c2)n1)c1ccccc1. The number of hydrogen-bond acceptors (Lipinski definition) is 4. The van der Waals surface area contributed by atoms with Gasteiger partial charge in [-0.2, -0.15) is 13.2 Å². The molecule has 0 spiro atoms. The zero-order valence-corrected chi connectivity index (χ0v) is 21.6. The Bertz CT molecular complexity index is 1340. The third kappa shape index (κ3) is 7.64. The molecule has 1 heterocycles. The lowest BCUT2D eigenvalue weighted by atomic mass is 10.1. The fourth-order valence-electron chi connectivity index (χ4n) is 3.94. The average molecular weight is 544 g/mol. The second-order valence-corrected chi connectivity index (χ2v) is 10.1. The van der Waals surface area contributed by atoms with Gasteiger partial charge in [-0.1, -0.05) is 72.3 Å². The fourth-order valence-corrected chi connectivity index (χ4v) is 4.97. The van der Waals surface area contributed by atoms with Gasteiger partial charge in [0.15, 0.2) is 0 Å². The molecule has 1 aromatic heterocycles. The summed E-state index contributed by atoms with van der Waals surface area (Å²) in [6, 6.07) is 22.1. The van der Waals surface area contributed by atoms with Gasteiger partial charge in [-0.05, 0) is 41.8 Å². The van der Waals surface area contributed by atoms with Crippen LogP contribution in [0.3, 0.4) is 0 Å². The van der Waals surface area contributed by atoms with Crippen molar-refractivity contribution < 1.29 is 18.0 Å². The molecule has 0 radical (unpaired) electrons. The number of amides is 1. The van der Waals surface area contributed by atoms with Gasteiger partial charge < -0.3 is 5.32 Å². The van der Waals surface area contributed by atoms with Crippen molar-refractivity contribution in [1.82, 2.24) is 15.2 Å². The Balaban J connectivity index is 1.50. The van der Waals surface area contributed by atoms with Crippen LogP contribution in [-0.2, 0) is 25.8 Å². The molecule has 9 heteroatoms. The number of benzene rings is 3. The highest BCUT2D eigenvalue weighted by Gasteiger charge is 2.30. The van der Waals surface area contributed by atoms with Crippen LogP contribution in [0.15, 0.2) is 84.2 Å². The molecule has 0 saturated heterocycles. The van der Waals surface area contributed by atoms with E-state index in [1.807, 2.05) is 60.4 Å². The lowest BCUT2D eigenvalue weighted by Crippen LogP contribution is -2.27. The Morgan fingerprint density at radius 2 is 1.65 bits per heavy atom. The maximum atomic E-state index is 13.2. The van der Waals surface area contributed by atoms with E-state index in [2.05, 4.69) is 10.3 Å². The van der Waals surface area contributed by atoms with Crippen molar-refractivity contribution in [3.05, 3.63) is 122 Å². The molecule has 37 heavy (non-hydrogen) atoms. The third-order valence-electron chi connectivity index (χ3n) is 5.75. The number of nitrogens with zero attached hydrogens (tertiary/aromatic N) is 2. The van der Waals surface area contributed by atoms with E-state index >= 15 is 0 Å². The van der Waals surface area contributed by atoms with Crippen LogP contribution in [-0.4, -0.2) is 15.8 Å². The Morgan fingerprint density at radius 1 is 0.973 bits per heavy atom. The molecule has 0 unspecified atom stereocenters. The monoisotopic (exact) mass is 543 g/mol. The first-order valence-electron chi connectivity index (χ1n) is 11.6. The summed E-state index contributed by atoms with van der Waals surface area (Å²) in [7, 11) is 0. The molecule has 1 atom stereocenters. The number of rotatable bonds is 9. The van der Waals surface area contributed by atoms with Crippen molar-refractivity contribution in [3.8, 4) is 0 Å². The van der Waals surface area contributed by atoms with Crippen LogP contribution in [0.2, 0.25) is 5.02 Å². The molecule has 1 amide bonds. The van der Waals surface area contributed by atoms with E-state index in [0.29, 0.717) is 34.4 Å². The van der Waals surface area contributed by atoms with Crippen LogP contribution in [0.4, 0.5) is 13.2 Å². The largest absolute Gasteiger partial charge is 0.416 e. The van der Waals surface area contributed by atoms with Crippen molar-refractivity contribution >= 4 is 28.8 Å². The number of alkyl halides is 3. The third-order valence-corrected chi connectivity index (χ3v) is 6.81. The Labute approximate surface area is 222 Å². The summed E-state index contributed by atoms with van der Waals surface area (Å²) in [5, 5.41) is 5.92. The van der Waals surface area contributed by atoms with E-state index in [9.17, 15) is 18.0 Å². The number of carbonyl (C=O) groups is 1. The summed E-state index contributed by atoms with van der Waals surface area (Å²) in [5.74, 6) is -0.280. The number of halogens is 4. The van der Waals surface area contributed by atoms with E-state index < -0.39 is 11.7 Å². The van der Waals surface area contributed by atoms with Gasteiger partial charge in [0.2, 0.25) is 0 Å². The normalized spacial score (nSPS) is 12.5. The zero-order chi connectivity index (χ0) is 26.4. The average Bonchev–Trinajstić information content (AvgIpc) is 3.33. The molecule has 192 valence electrons. The molecule has 0 aliphatic heterocycles. The Morgan fingerprint density at radius 3 is 2.32 bits per heavy atom. The number of carbonyl (C=O) groups excluding carboxylic acids is 1. The molecular weight excluding hydrogens is 519 g/mol. The highest BCUT2D eigenvalue weighted by atomic mass is 35.5. The summed E-state index contributed by atoms with van der Waals surface area (Å²) in [4.78, 5) is 19.3. The lowest BCUT2D eigenvalue weighted by molar-refractivity contribution is -0.137. The summed E-state index contributed by atoms with van der Waals surface area (Å²) < 4.78 is 39.7. The van der Waals surface area contributed by atoms with E-state index in [0.717, 1.165) is 23.3 Å². The van der Waals surface area contributed by atoms with Gasteiger partial charge in [-0.15, -0.1) is 11.3 Å². The topological polar surface area (TPSA) is 45.2 Å². The predicted molar refractivity (Wildman–Crippen MR) is 140 cm³/mol. The van der Waals surface area contributed by atoms with Crippen LogP contribution in [0.1, 0.15) is 50.7 Å². The van der Waals surface area contributed by atoms with Gasteiger partial charge in [-0.3, -0.25) is 9.69 Å². The summed E-state index contributed by atoms with van der Waals surface area (Å²) >= 11 is 7.49. The second kappa shape index (κ2) is 11.9. The number of nitrogens with one attached hydrogen (secondary N) is 1. The second-order valence-electron chi connectivity index (χ2n) is 8.71. The first-order chi connectivity index (χ1) is 17.7. The number of hydrogen-bond donors (Lipinski definition) is 1. The molecule has 4 aromatic rings. The van der Waals surface area contributed by atoms with Crippen molar-refractivity contribution in [1.29, 1.82) is 0 Å². The van der Waals surface area contributed by atoms with Crippen LogP contribution in [0, 0.1) is 0 Å².